The summed E-state index contributed by atoms with van der Waals surface area (Å²) in [7, 11) is 0. The monoisotopic (exact) mass is 410 g/mol. The minimum absolute atomic E-state index is 0.0759. The van der Waals surface area contributed by atoms with Gasteiger partial charge >= 0.3 is 0 Å². The highest BCUT2D eigenvalue weighted by molar-refractivity contribution is 6.46. The molecule has 2 fully saturated rings. The molecule has 4 rings (SSSR count). The Balaban J connectivity index is 1.63. The Kier molecular flexibility index (Phi) is 6.01. The van der Waals surface area contributed by atoms with E-state index in [0.29, 0.717) is 43.3 Å². The van der Waals surface area contributed by atoms with E-state index in [4.69, 9.17) is 9.15 Å². The number of rotatable bonds is 6. The molecule has 0 aliphatic carbocycles. The molecule has 2 aromatic rings. The summed E-state index contributed by atoms with van der Waals surface area (Å²) in [6, 6.07) is 11.6. The SMILES string of the molecule is Cc1ccc([C@H]2C(=C(O)c3ccccc3)C(=O)C(=O)N2CCCN2CCOCC2)o1. The van der Waals surface area contributed by atoms with Crippen molar-refractivity contribution >= 4 is 17.4 Å². The van der Waals surface area contributed by atoms with E-state index in [1.165, 1.54) is 4.90 Å². The van der Waals surface area contributed by atoms with Gasteiger partial charge in [0.15, 0.2) is 0 Å². The number of ether oxygens (including phenoxy) is 1. The summed E-state index contributed by atoms with van der Waals surface area (Å²) in [6.07, 6.45) is 0.717. The van der Waals surface area contributed by atoms with E-state index in [-0.39, 0.29) is 11.3 Å². The van der Waals surface area contributed by atoms with Gasteiger partial charge in [-0.25, -0.2) is 0 Å². The van der Waals surface area contributed by atoms with Gasteiger partial charge in [0.1, 0.15) is 23.3 Å². The van der Waals surface area contributed by atoms with E-state index < -0.39 is 17.7 Å². The topological polar surface area (TPSA) is 83.2 Å². The number of furan rings is 1. The number of amides is 1. The molecule has 1 N–H and O–H groups in total. The van der Waals surface area contributed by atoms with Crippen molar-refractivity contribution in [2.75, 3.05) is 39.4 Å². The molecule has 158 valence electrons. The molecule has 1 amide bonds. The average molecular weight is 410 g/mol. The molecule has 1 aromatic carbocycles. The van der Waals surface area contributed by atoms with Crippen LogP contribution in [0.5, 0.6) is 0 Å². The lowest BCUT2D eigenvalue weighted by atomic mass is 9.99. The third kappa shape index (κ3) is 4.04. The Hall–Kier alpha value is -2.90. The van der Waals surface area contributed by atoms with Gasteiger partial charge in [0, 0.05) is 31.7 Å². The van der Waals surface area contributed by atoms with Crippen LogP contribution in [-0.2, 0) is 14.3 Å². The van der Waals surface area contributed by atoms with E-state index in [0.717, 1.165) is 19.6 Å². The first-order valence-electron chi connectivity index (χ1n) is 10.3. The summed E-state index contributed by atoms with van der Waals surface area (Å²) in [5, 5.41) is 10.9. The normalized spacial score (nSPS) is 22.0. The van der Waals surface area contributed by atoms with Crippen molar-refractivity contribution in [2.24, 2.45) is 0 Å². The maximum Gasteiger partial charge on any atom is 0.295 e. The van der Waals surface area contributed by atoms with Gasteiger partial charge < -0.3 is 19.2 Å². The maximum atomic E-state index is 12.9. The summed E-state index contributed by atoms with van der Waals surface area (Å²) in [5.41, 5.74) is 0.573. The molecule has 0 radical (unpaired) electrons. The molecular formula is C23H26N2O5. The van der Waals surface area contributed by atoms with Crippen LogP contribution in [0.15, 0.2) is 52.5 Å². The summed E-state index contributed by atoms with van der Waals surface area (Å²) < 4.78 is 11.2. The zero-order valence-electron chi connectivity index (χ0n) is 17.0. The molecule has 2 saturated heterocycles. The number of aliphatic hydroxyl groups is 1. The average Bonchev–Trinajstić information content (AvgIpc) is 3.31. The molecule has 0 bridgehead atoms. The lowest BCUT2D eigenvalue weighted by Crippen LogP contribution is -2.38. The number of aliphatic hydroxyl groups excluding tert-OH is 1. The molecule has 0 spiro atoms. The summed E-state index contributed by atoms with van der Waals surface area (Å²) in [5.74, 6) is -0.293. The fourth-order valence-electron chi connectivity index (χ4n) is 4.05. The van der Waals surface area contributed by atoms with Crippen molar-refractivity contribution in [3.8, 4) is 0 Å². The van der Waals surface area contributed by atoms with Crippen LogP contribution in [0, 0.1) is 6.92 Å². The molecule has 2 aliphatic rings. The number of likely N-dealkylation sites (tertiary alicyclic amines) is 1. The Bertz CT molecular complexity index is 944. The van der Waals surface area contributed by atoms with Crippen LogP contribution in [-0.4, -0.2) is 66.0 Å². The van der Waals surface area contributed by atoms with Crippen LogP contribution in [0.1, 0.15) is 29.5 Å². The Morgan fingerprint density at radius 1 is 1.07 bits per heavy atom. The minimum atomic E-state index is -0.733. The summed E-state index contributed by atoms with van der Waals surface area (Å²) in [6.45, 7) is 6.19. The van der Waals surface area contributed by atoms with Crippen molar-refractivity contribution in [1.29, 1.82) is 0 Å². The molecule has 7 heteroatoms. The smallest absolute Gasteiger partial charge is 0.295 e. The lowest BCUT2D eigenvalue weighted by molar-refractivity contribution is -0.140. The van der Waals surface area contributed by atoms with Crippen LogP contribution in [0.3, 0.4) is 0 Å². The second kappa shape index (κ2) is 8.85. The molecular weight excluding hydrogens is 384 g/mol. The molecule has 2 aliphatic heterocycles. The number of morpholine rings is 1. The number of ketones is 1. The molecule has 7 nitrogen and oxygen atoms in total. The highest BCUT2D eigenvalue weighted by atomic mass is 16.5. The summed E-state index contributed by atoms with van der Waals surface area (Å²) >= 11 is 0. The maximum absolute atomic E-state index is 12.9. The largest absolute Gasteiger partial charge is 0.507 e. The van der Waals surface area contributed by atoms with E-state index in [1.807, 2.05) is 13.0 Å². The second-order valence-corrected chi connectivity index (χ2v) is 7.61. The lowest BCUT2D eigenvalue weighted by Gasteiger charge is -2.28. The highest BCUT2D eigenvalue weighted by Gasteiger charge is 2.47. The van der Waals surface area contributed by atoms with Gasteiger partial charge in [0.2, 0.25) is 0 Å². The minimum Gasteiger partial charge on any atom is -0.507 e. The first kappa shape index (κ1) is 20.4. The first-order valence-corrected chi connectivity index (χ1v) is 10.3. The van der Waals surface area contributed by atoms with E-state index in [1.54, 1.807) is 36.4 Å². The number of nitrogens with zero attached hydrogens (tertiary/aromatic N) is 2. The van der Waals surface area contributed by atoms with Crippen LogP contribution in [0.2, 0.25) is 0 Å². The fraction of sp³-hybridized carbons (Fsp3) is 0.391. The van der Waals surface area contributed by atoms with Crippen LogP contribution < -0.4 is 0 Å². The molecule has 1 atom stereocenters. The van der Waals surface area contributed by atoms with Gasteiger partial charge in [-0.05, 0) is 25.5 Å². The van der Waals surface area contributed by atoms with Crippen molar-refractivity contribution in [2.45, 2.75) is 19.4 Å². The fourth-order valence-corrected chi connectivity index (χ4v) is 4.05. The molecule has 1 aromatic heterocycles. The van der Waals surface area contributed by atoms with Crippen LogP contribution >= 0.6 is 0 Å². The second-order valence-electron chi connectivity index (χ2n) is 7.61. The predicted molar refractivity (Wildman–Crippen MR) is 111 cm³/mol. The van der Waals surface area contributed by atoms with Crippen LogP contribution in [0.25, 0.3) is 5.76 Å². The third-order valence-corrected chi connectivity index (χ3v) is 5.59. The summed E-state index contributed by atoms with van der Waals surface area (Å²) in [4.78, 5) is 29.6. The predicted octanol–water partition coefficient (Wildman–Crippen LogP) is 2.73. The van der Waals surface area contributed by atoms with Crippen molar-refractivity contribution < 1.29 is 23.8 Å². The molecule has 0 saturated carbocycles. The van der Waals surface area contributed by atoms with E-state index in [9.17, 15) is 14.7 Å². The highest BCUT2D eigenvalue weighted by Crippen LogP contribution is 2.40. The van der Waals surface area contributed by atoms with E-state index in [2.05, 4.69) is 4.90 Å². The standard InChI is InChI=1S/C23H26N2O5/c1-16-8-9-18(30-16)20-19(21(26)17-6-3-2-4-7-17)22(27)23(28)25(20)11-5-10-24-12-14-29-15-13-24/h2-4,6-9,20,26H,5,10-15H2,1H3/t20-/m0/s1. The zero-order valence-corrected chi connectivity index (χ0v) is 17.0. The van der Waals surface area contributed by atoms with Crippen LogP contribution in [0.4, 0.5) is 0 Å². The number of carbonyl (C=O) groups is 2. The number of aryl methyl sites for hydroxylation is 1. The number of Topliss-reactive ketones (excluding diaryl/α,β-unsaturated/α-hetero) is 1. The van der Waals surface area contributed by atoms with E-state index >= 15 is 0 Å². The molecule has 3 heterocycles. The number of hydrogen-bond acceptors (Lipinski definition) is 6. The first-order chi connectivity index (χ1) is 14.6. The van der Waals surface area contributed by atoms with Gasteiger partial charge in [-0.15, -0.1) is 0 Å². The van der Waals surface area contributed by atoms with Crippen molar-refractivity contribution in [3.05, 3.63) is 65.1 Å². The number of carbonyl (C=O) groups excluding carboxylic acids is 2. The van der Waals surface area contributed by atoms with Gasteiger partial charge in [0.05, 0.1) is 18.8 Å². The van der Waals surface area contributed by atoms with Gasteiger partial charge in [-0.3, -0.25) is 14.5 Å². The number of benzene rings is 1. The quantitative estimate of drug-likeness (QED) is 0.448. The Labute approximate surface area is 175 Å². The zero-order chi connectivity index (χ0) is 21.1. The van der Waals surface area contributed by atoms with Crippen molar-refractivity contribution in [1.82, 2.24) is 9.80 Å². The van der Waals surface area contributed by atoms with Gasteiger partial charge in [-0.1, -0.05) is 30.3 Å². The Morgan fingerprint density at radius 2 is 1.80 bits per heavy atom. The third-order valence-electron chi connectivity index (χ3n) is 5.59. The van der Waals surface area contributed by atoms with Gasteiger partial charge in [-0.2, -0.15) is 0 Å². The van der Waals surface area contributed by atoms with Crippen molar-refractivity contribution in [3.63, 3.8) is 0 Å². The number of hydrogen-bond donors (Lipinski definition) is 1. The molecule has 30 heavy (non-hydrogen) atoms. The molecule has 0 unspecified atom stereocenters. The Morgan fingerprint density at radius 3 is 2.47 bits per heavy atom. The van der Waals surface area contributed by atoms with Gasteiger partial charge in [0.25, 0.3) is 11.7 Å².